The van der Waals surface area contributed by atoms with Crippen LogP contribution in [0.1, 0.15) is 22.2 Å². The van der Waals surface area contributed by atoms with Gasteiger partial charge in [0.15, 0.2) is 5.65 Å². The van der Waals surface area contributed by atoms with Crippen LogP contribution in [0.25, 0.3) is 37.9 Å². The van der Waals surface area contributed by atoms with E-state index in [1.165, 1.54) is 16.6 Å². The van der Waals surface area contributed by atoms with Gasteiger partial charge in [-0.3, -0.25) is 4.79 Å². The lowest BCUT2D eigenvalue weighted by atomic mass is 10.0. The predicted octanol–water partition coefficient (Wildman–Crippen LogP) is 4.75. The molecular formula is C23H16FN3O3S. The van der Waals surface area contributed by atoms with Gasteiger partial charge in [-0.15, -0.1) is 11.3 Å². The van der Waals surface area contributed by atoms with Gasteiger partial charge in [-0.1, -0.05) is 24.3 Å². The zero-order valence-corrected chi connectivity index (χ0v) is 17.5. The zero-order chi connectivity index (χ0) is 21.7. The Bertz CT molecular complexity index is 1550. The molecule has 6 nitrogen and oxygen atoms in total. The fraction of sp³-hybridized carbons (Fsp3) is 0.130. The topological polar surface area (TPSA) is 73.6 Å². The van der Waals surface area contributed by atoms with Gasteiger partial charge >= 0.3 is 5.97 Å². The van der Waals surface area contributed by atoms with Crippen molar-refractivity contribution in [1.29, 1.82) is 0 Å². The summed E-state index contributed by atoms with van der Waals surface area (Å²) in [4.78, 5) is 31.3. The highest BCUT2D eigenvalue weighted by atomic mass is 32.1. The molecule has 0 radical (unpaired) electrons. The van der Waals surface area contributed by atoms with Crippen molar-refractivity contribution < 1.29 is 13.9 Å². The molecule has 0 N–H and O–H groups in total. The lowest BCUT2D eigenvalue weighted by Crippen LogP contribution is -2.19. The monoisotopic (exact) mass is 433 g/mol. The van der Waals surface area contributed by atoms with Crippen molar-refractivity contribution in [3.8, 4) is 11.3 Å². The second-order valence-electron chi connectivity index (χ2n) is 7.01. The molecule has 5 aromatic rings. The number of fused-ring (bicyclic) bond motifs is 4. The number of hydrogen-bond acceptors (Lipinski definition) is 6. The lowest BCUT2D eigenvalue weighted by molar-refractivity contribution is 0.0531. The van der Waals surface area contributed by atoms with Crippen molar-refractivity contribution >= 4 is 43.9 Å². The molecule has 5 rings (SSSR count). The van der Waals surface area contributed by atoms with E-state index in [4.69, 9.17) is 9.72 Å². The fourth-order valence-electron chi connectivity index (χ4n) is 3.69. The van der Waals surface area contributed by atoms with Gasteiger partial charge in [-0.25, -0.2) is 14.2 Å². The summed E-state index contributed by atoms with van der Waals surface area (Å²) in [7, 11) is 0. The number of ether oxygens (including phenoxy) is 1. The van der Waals surface area contributed by atoms with E-state index < -0.39 is 5.97 Å². The Morgan fingerprint density at radius 2 is 1.84 bits per heavy atom. The van der Waals surface area contributed by atoms with E-state index in [1.54, 1.807) is 26.0 Å². The summed E-state index contributed by atoms with van der Waals surface area (Å²) < 4.78 is 19.8. The average Bonchev–Trinajstić information content (AvgIpc) is 3.11. The molecule has 0 amide bonds. The maximum atomic E-state index is 13.5. The number of aromatic nitrogens is 3. The SMILES string of the molecule is CCOC(=O)c1sc2nc3c4ccccc4c(-c4ccc(F)cc4)nn3c(=O)c2c1C. The molecule has 154 valence electrons. The Hall–Kier alpha value is -3.65. The Morgan fingerprint density at radius 3 is 2.55 bits per heavy atom. The Morgan fingerprint density at radius 1 is 1.13 bits per heavy atom. The number of benzene rings is 2. The van der Waals surface area contributed by atoms with Crippen LogP contribution in [0.3, 0.4) is 0 Å². The molecule has 2 aromatic carbocycles. The molecule has 0 unspecified atom stereocenters. The third kappa shape index (κ3) is 2.98. The summed E-state index contributed by atoms with van der Waals surface area (Å²) in [6.07, 6.45) is 0. The van der Waals surface area contributed by atoms with E-state index in [0.717, 1.165) is 22.1 Å². The lowest BCUT2D eigenvalue weighted by Gasteiger charge is -2.10. The molecule has 0 aliphatic heterocycles. The summed E-state index contributed by atoms with van der Waals surface area (Å²) in [5, 5.41) is 6.46. The number of carbonyl (C=O) groups is 1. The second kappa shape index (κ2) is 7.24. The van der Waals surface area contributed by atoms with Crippen molar-refractivity contribution in [3.63, 3.8) is 0 Å². The minimum atomic E-state index is -0.471. The number of esters is 1. The van der Waals surface area contributed by atoms with Crippen LogP contribution in [0, 0.1) is 12.7 Å². The highest BCUT2D eigenvalue weighted by Gasteiger charge is 2.22. The van der Waals surface area contributed by atoms with Gasteiger partial charge in [0.05, 0.1) is 17.7 Å². The number of hydrogen-bond donors (Lipinski definition) is 0. The normalized spacial score (nSPS) is 11.5. The quantitative estimate of drug-likeness (QED) is 0.303. The summed E-state index contributed by atoms with van der Waals surface area (Å²) >= 11 is 1.14. The summed E-state index contributed by atoms with van der Waals surface area (Å²) in [5.41, 5.74) is 1.79. The van der Waals surface area contributed by atoms with Crippen LogP contribution in [0.2, 0.25) is 0 Å². The van der Waals surface area contributed by atoms with Crippen LogP contribution in [-0.2, 0) is 4.74 Å². The first-order chi connectivity index (χ1) is 15.0. The highest BCUT2D eigenvalue weighted by Crippen LogP contribution is 2.32. The molecule has 0 bridgehead atoms. The third-order valence-corrected chi connectivity index (χ3v) is 6.31. The molecule has 0 atom stereocenters. The number of rotatable bonds is 3. The van der Waals surface area contributed by atoms with Crippen molar-refractivity contribution in [1.82, 2.24) is 14.6 Å². The van der Waals surface area contributed by atoms with Crippen LogP contribution in [-0.4, -0.2) is 27.2 Å². The second-order valence-corrected chi connectivity index (χ2v) is 8.01. The van der Waals surface area contributed by atoms with Gasteiger partial charge in [-0.05, 0) is 43.7 Å². The zero-order valence-electron chi connectivity index (χ0n) is 16.7. The van der Waals surface area contributed by atoms with Gasteiger partial charge in [-0.2, -0.15) is 9.61 Å². The van der Waals surface area contributed by atoms with Gasteiger partial charge in [0.1, 0.15) is 15.5 Å². The predicted molar refractivity (Wildman–Crippen MR) is 118 cm³/mol. The molecule has 0 spiro atoms. The molecule has 3 aromatic heterocycles. The van der Waals surface area contributed by atoms with Crippen molar-refractivity contribution in [2.75, 3.05) is 6.61 Å². The van der Waals surface area contributed by atoms with E-state index in [1.807, 2.05) is 24.3 Å². The Labute approximate surface area is 179 Å². The fourth-order valence-corrected chi connectivity index (χ4v) is 4.76. The molecule has 0 aliphatic rings. The molecular weight excluding hydrogens is 417 g/mol. The minimum absolute atomic E-state index is 0.244. The molecule has 0 saturated carbocycles. The third-order valence-electron chi connectivity index (χ3n) is 5.14. The van der Waals surface area contributed by atoms with Crippen LogP contribution in [0.5, 0.6) is 0 Å². The Kier molecular flexibility index (Phi) is 4.51. The van der Waals surface area contributed by atoms with Crippen molar-refractivity contribution in [2.24, 2.45) is 0 Å². The van der Waals surface area contributed by atoms with Gasteiger partial charge < -0.3 is 4.74 Å². The summed E-state index contributed by atoms with van der Waals surface area (Å²) in [5.74, 6) is -0.823. The van der Waals surface area contributed by atoms with Crippen molar-refractivity contribution in [3.05, 3.63) is 75.1 Å². The number of aryl methyl sites for hydroxylation is 1. The standard InChI is InChI=1S/C23H16FN3O3S/c1-3-30-23(29)19-12(2)17-21(31-19)25-20-16-7-5-4-6-15(16)18(26-27(20)22(17)28)13-8-10-14(24)11-9-13/h4-11H,3H2,1-2H3. The maximum Gasteiger partial charge on any atom is 0.348 e. The van der Waals surface area contributed by atoms with Crippen LogP contribution < -0.4 is 5.56 Å². The van der Waals surface area contributed by atoms with Gasteiger partial charge in [0, 0.05) is 16.3 Å². The maximum absolute atomic E-state index is 13.5. The van der Waals surface area contributed by atoms with Crippen molar-refractivity contribution in [2.45, 2.75) is 13.8 Å². The van der Waals surface area contributed by atoms with E-state index >= 15 is 0 Å². The molecule has 0 saturated heterocycles. The van der Waals surface area contributed by atoms with Crippen LogP contribution >= 0.6 is 11.3 Å². The van der Waals surface area contributed by atoms with Gasteiger partial charge in [0.25, 0.3) is 5.56 Å². The average molecular weight is 433 g/mol. The molecule has 0 fully saturated rings. The summed E-state index contributed by atoms with van der Waals surface area (Å²) in [6.45, 7) is 3.69. The first kappa shape index (κ1) is 19.3. The number of carbonyl (C=O) groups excluding carboxylic acids is 1. The first-order valence-corrected chi connectivity index (χ1v) is 10.5. The molecule has 0 aliphatic carbocycles. The largest absolute Gasteiger partial charge is 0.462 e. The number of thiophene rings is 1. The molecule has 8 heteroatoms. The number of nitrogens with zero attached hydrogens (tertiary/aromatic N) is 3. The van der Waals surface area contributed by atoms with E-state index in [-0.39, 0.29) is 18.0 Å². The van der Waals surface area contributed by atoms with E-state index in [9.17, 15) is 14.0 Å². The summed E-state index contributed by atoms with van der Waals surface area (Å²) in [6, 6.07) is 13.5. The smallest absolute Gasteiger partial charge is 0.348 e. The first-order valence-electron chi connectivity index (χ1n) is 9.67. The highest BCUT2D eigenvalue weighted by molar-refractivity contribution is 7.20. The molecule has 3 heterocycles. The van der Waals surface area contributed by atoms with E-state index in [2.05, 4.69) is 5.10 Å². The minimum Gasteiger partial charge on any atom is -0.462 e. The van der Waals surface area contributed by atoms with Crippen LogP contribution in [0.15, 0.2) is 53.3 Å². The van der Waals surface area contributed by atoms with E-state index in [0.29, 0.717) is 37.6 Å². The van der Waals surface area contributed by atoms with Gasteiger partial charge in [0.2, 0.25) is 0 Å². The number of halogens is 1. The van der Waals surface area contributed by atoms with Crippen LogP contribution in [0.4, 0.5) is 4.39 Å². The molecule has 31 heavy (non-hydrogen) atoms. The Balaban J connectivity index is 1.89.